The topological polar surface area (TPSA) is 29.4 Å². The Kier molecular flexibility index (Phi) is 21.0. The van der Waals surface area contributed by atoms with Crippen LogP contribution in [-0.4, -0.2) is 12.6 Å². The largest absolute Gasteiger partial charge is 0.234 e. The van der Waals surface area contributed by atoms with E-state index < -0.39 is 0 Å². The van der Waals surface area contributed by atoms with Crippen molar-refractivity contribution < 1.29 is 4.79 Å². The van der Waals surface area contributed by atoms with E-state index in [1.165, 1.54) is 6.08 Å². The van der Waals surface area contributed by atoms with E-state index in [0.717, 1.165) is 0 Å². The quantitative estimate of drug-likeness (QED) is 0.288. The maximum Gasteiger partial charge on any atom is 0.234 e. The zero-order valence-corrected chi connectivity index (χ0v) is 5.35. The number of carbonyl (C=O) groups excluding carboxylic acids is 1. The van der Waals surface area contributed by atoms with Gasteiger partial charge in [-0.25, -0.2) is 9.79 Å². The molecule has 2 nitrogen and oxygen atoms in total. The predicted molar refractivity (Wildman–Crippen MR) is 34.5 cm³/mol. The zero-order chi connectivity index (χ0) is 6.83. The Hall–Kier alpha value is -0.880. The summed E-state index contributed by atoms with van der Waals surface area (Å²) in [6, 6.07) is 0. The second kappa shape index (κ2) is 16.5. The summed E-state index contributed by atoms with van der Waals surface area (Å²) < 4.78 is 0. The SMILES string of the molecule is C=CC.CCN=C=O. The highest BCUT2D eigenvalue weighted by molar-refractivity contribution is 5.32. The van der Waals surface area contributed by atoms with Crippen molar-refractivity contribution in [3.63, 3.8) is 0 Å². The fourth-order valence-corrected chi connectivity index (χ4v) is 0.0645. The molecule has 46 valence electrons. The summed E-state index contributed by atoms with van der Waals surface area (Å²) in [6.07, 6.45) is 3.14. The third kappa shape index (κ3) is 69.3. The first kappa shape index (κ1) is 10.2. The Balaban J connectivity index is 0. The molecule has 0 unspecified atom stereocenters. The van der Waals surface area contributed by atoms with E-state index in [4.69, 9.17) is 4.79 Å². The van der Waals surface area contributed by atoms with Crippen molar-refractivity contribution in [2.24, 2.45) is 4.99 Å². The van der Waals surface area contributed by atoms with Crippen LogP contribution in [0.4, 0.5) is 0 Å². The lowest BCUT2D eigenvalue weighted by Gasteiger charge is -1.58. The fraction of sp³-hybridized carbons (Fsp3) is 0.500. The van der Waals surface area contributed by atoms with Gasteiger partial charge in [-0.2, -0.15) is 0 Å². The van der Waals surface area contributed by atoms with Crippen LogP contribution in [0.5, 0.6) is 0 Å². The molecule has 0 saturated heterocycles. The van der Waals surface area contributed by atoms with Gasteiger partial charge in [0.15, 0.2) is 0 Å². The first-order chi connectivity index (χ1) is 3.83. The van der Waals surface area contributed by atoms with Crippen LogP contribution in [-0.2, 0) is 4.79 Å². The average Bonchev–Trinajstić information content (AvgIpc) is 1.71. The highest BCUT2D eigenvalue weighted by Crippen LogP contribution is 1.52. The Bertz CT molecular complexity index is 82.5. The monoisotopic (exact) mass is 113 g/mol. The van der Waals surface area contributed by atoms with Crippen LogP contribution in [0.3, 0.4) is 0 Å². The average molecular weight is 113 g/mol. The summed E-state index contributed by atoms with van der Waals surface area (Å²) in [7, 11) is 0. The number of isocyanates is 1. The Morgan fingerprint density at radius 2 is 2.25 bits per heavy atom. The Morgan fingerprint density at radius 3 is 2.25 bits per heavy atom. The van der Waals surface area contributed by atoms with Crippen LogP contribution in [0, 0.1) is 0 Å². The number of hydrogen-bond donors (Lipinski definition) is 0. The van der Waals surface area contributed by atoms with Crippen molar-refractivity contribution in [2.75, 3.05) is 6.54 Å². The van der Waals surface area contributed by atoms with E-state index >= 15 is 0 Å². The number of allylic oxidation sites excluding steroid dienone is 1. The summed E-state index contributed by atoms with van der Waals surface area (Å²) in [5.41, 5.74) is 0. The maximum atomic E-state index is 9.11. The molecule has 0 aromatic heterocycles. The molecule has 0 rings (SSSR count). The van der Waals surface area contributed by atoms with Crippen LogP contribution in [0.25, 0.3) is 0 Å². The van der Waals surface area contributed by atoms with E-state index in [1.807, 2.05) is 6.92 Å². The van der Waals surface area contributed by atoms with E-state index in [9.17, 15) is 0 Å². The second-order valence-corrected chi connectivity index (χ2v) is 0.974. The van der Waals surface area contributed by atoms with Gasteiger partial charge in [0.2, 0.25) is 6.08 Å². The lowest BCUT2D eigenvalue weighted by molar-refractivity contribution is 0.563. The van der Waals surface area contributed by atoms with Gasteiger partial charge in [-0.15, -0.1) is 6.58 Å². The summed E-state index contributed by atoms with van der Waals surface area (Å²) >= 11 is 0. The minimum absolute atomic E-state index is 0.545. The highest BCUT2D eigenvalue weighted by atomic mass is 16.1. The molecule has 0 bridgehead atoms. The van der Waals surface area contributed by atoms with Crippen molar-refractivity contribution in [2.45, 2.75) is 13.8 Å². The van der Waals surface area contributed by atoms with Gasteiger partial charge in [-0.1, -0.05) is 6.08 Å². The molecule has 0 N–H and O–H groups in total. The normalized spacial score (nSPS) is 5.25. The van der Waals surface area contributed by atoms with Crippen molar-refractivity contribution in [1.29, 1.82) is 0 Å². The lowest BCUT2D eigenvalue weighted by Crippen LogP contribution is -1.58. The van der Waals surface area contributed by atoms with Crippen LogP contribution in [0.2, 0.25) is 0 Å². The Labute approximate surface area is 49.9 Å². The molecular weight excluding hydrogens is 102 g/mol. The molecule has 0 aliphatic heterocycles. The van der Waals surface area contributed by atoms with Gasteiger partial charge in [0.05, 0.1) is 0 Å². The van der Waals surface area contributed by atoms with E-state index in [0.29, 0.717) is 6.54 Å². The highest BCUT2D eigenvalue weighted by Gasteiger charge is 1.52. The molecule has 0 heterocycles. The second-order valence-electron chi connectivity index (χ2n) is 0.974. The first-order valence-corrected chi connectivity index (χ1v) is 2.44. The third-order valence-electron chi connectivity index (χ3n) is 0.223. The summed E-state index contributed by atoms with van der Waals surface area (Å²) in [6.45, 7) is 7.58. The number of rotatable bonds is 1. The molecule has 0 saturated carbocycles. The van der Waals surface area contributed by atoms with Gasteiger partial charge in [-0.05, 0) is 13.8 Å². The summed E-state index contributed by atoms with van der Waals surface area (Å²) in [4.78, 5) is 12.3. The number of hydrogen-bond acceptors (Lipinski definition) is 2. The van der Waals surface area contributed by atoms with Crippen molar-refractivity contribution in [3.05, 3.63) is 12.7 Å². The molecular formula is C6H11NO. The van der Waals surface area contributed by atoms with E-state index in [1.54, 1.807) is 13.0 Å². The molecule has 0 radical (unpaired) electrons. The third-order valence-corrected chi connectivity index (χ3v) is 0.223. The van der Waals surface area contributed by atoms with Crippen molar-refractivity contribution in [3.8, 4) is 0 Å². The van der Waals surface area contributed by atoms with Gasteiger partial charge in [-0.3, -0.25) is 0 Å². The minimum atomic E-state index is 0.545. The molecule has 0 aliphatic rings. The molecule has 2 heteroatoms. The number of nitrogens with zero attached hydrogens (tertiary/aromatic N) is 1. The predicted octanol–water partition coefficient (Wildman–Crippen LogP) is 1.53. The maximum absolute atomic E-state index is 9.11. The standard InChI is InChI=1S/C3H5NO.C3H6/c1-2-4-3-5;1-3-2/h2H2,1H3;3H,1H2,2H3. The number of aliphatic imine (C=N–C) groups is 1. The first-order valence-electron chi connectivity index (χ1n) is 2.44. The Morgan fingerprint density at radius 1 is 1.88 bits per heavy atom. The van der Waals surface area contributed by atoms with Gasteiger partial charge < -0.3 is 0 Å². The van der Waals surface area contributed by atoms with Crippen LogP contribution >= 0.6 is 0 Å². The lowest BCUT2D eigenvalue weighted by atomic mass is 10.8. The molecule has 0 aromatic rings. The fourth-order valence-electron chi connectivity index (χ4n) is 0.0645. The molecule has 8 heavy (non-hydrogen) atoms. The van der Waals surface area contributed by atoms with E-state index in [-0.39, 0.29) is 0 Å². The van der Waals surface area contributed by atoms with Crippen LogP contribution in [0.1, 0.15) is 13.8 Å². The smallest absolute Gasteiger partial charge is 0.211 e. The van der Waals surface area contributed by atoms with Gasteiger partial charge in [0.1, 0.15) is 0 Å². The van der Waals surface area contributed by atoms with Crippen LogP contribution < -0.4 is 0 Å². The summed E-state index contributed by atoms with van der Waals surface area (Å²) in [5.74, 6) is 0. The molecule has 0 fully saturated rings. The van der Waals surface area contributed by atoms with E-state index in [2.05, 4.69) is 11.6 Å². The van der Waals surface area contributed by atoms with Crippen molar-refractivity contribution >= 4 is 6.08 Å². The molecule has 0 spiro atoms. The summed E-state index contributed by atoms with van der Waals surface area (Å²) in [5, 5.41) is 0. The zero-order valence-electron chi connectivity index (χ0n) is 5.35. The van der Waals surface area contributed by atoms with Crippen LogP contribution in [0.15, 0.2) is 17.6 Å². The van der Waals surface area contributed by atoms with Gasteiger partial charge >= 0.3 is 0 Å². The molecule has 0 atom stereocenters. The van der Waals surface area contributed by atoms with Gasteiger partial charge in [0.25, 0.3) is 0 Å². The molecule has 0 aliphatic carbocycles. The van der Waals surface area contributed by atoms with Crippen molar-refractivity contribution in [1.82, 2.24) is 0 Å². The van der Waals surface area contributed by atoms with Gasteiger partial charge in [0, 0.05) is 6.54 Å². The molecule has 0 aromatic carbocycles. The minimum Gasteiger partial charge on any atom is -0.211 e. The molecule has 0 amide bonds.